The Hall–Kier alpha value is -3.95. The SMILES string of the molecule is O=C(Cn1cc(OC(F)F)cc(C(F)(F)F)c1=O)N1CCC(c2nc(C3=NOC(c4c(F)cccc4F)C3)cs2)CC1. The van der Waals surface area contributed by atoms with Crippen LogP contribution in [0.1, 0.15) is 53.1 Å². The predicted molar refractivity (Wildman–Crippen MR) is 134 cm³/mol. The van der Waals surface area contributed by atoms with Crippen LogP contribution in [0.25, 0.3) is 0 Å². The van der Waals surface area contributed by atoms with Gasteiger partial charge in [-0.2, -0.15) is 22.0 Å². The Morgan fingerprint density at radius 2 is 1.86 bits per heavy atom. The zero-order valence-electron chi connectivity index (χ0n) is 21.4. The van der Waals surface area contributed by atoms with Crippen molar-refractivity contribution in [1.29, 1.82) is 0 Å². The second kappa shape index (κ2) is 11.7. The zero-order chi connectivity index (χ0) is 30.2. The highest BCUT2D eigenvalue weighted by Crippen LogP contribution is 2.35. The van der Waals surface area contributed by atoms with Crippen LogP contribution in [0.2, 0.25) is 0 Å². The predicted octanol–water partition coefficient (Wildman–Crippen LogP) is 5.48. The lowest BCUT2D eigenvalue weighted by atomic mass is 9.97. The summed E-state index contributed by atoms with van der Waals surface area (Å²) in [5.41, 5.74) is -2.57. The van der Waals surface area contributed by atoms with E-state index in [4.69, 9.17) is 4.84 Å². The lowest BCUT2D eigenvalue weighted by Crippen LogP contribution is -2.41. The Morgan fingerprint density at radius 1 is 1.17 bits per heavy atom. The third kappa shape index (κ3) is 6.27. The van der Waals surface area contributed by atoms with Crippen molar-refractivity contribution in [3.8, 4) is 5.75 Å². The third-order valence-electron chi connectivity index (χ3n) is 6.90. The first kappa shape index (κ1) is 29.5. The zero-order valence-corrected chi connectivity index (χ0v) is 22.2. The fourth-order valence-electron chi connectivity index (χ4n) is 4.83. The number of pyridine rings is 1. The molecule has 16 heteroatoms. The third-order valence-corrected chi connectivity index (χ3v) is 7.91. The molecule has 0 radical (unpaired) electrons. The normalized spacial score (nSPS) is 17.9. The molecule has 1 fully saturated rings. The number of carbonyl (C=O) groups is 1. The highest BCUT2D eigenvalue weighted by atomic mass is 32.1. The van der Waals surface area contributed by atoms with E-state index >= 15 is 0 Å². The molecule has 2 aliphatic rings. The van der Waals surface area contributed by atoms with E-state index in [0.29, 0.717) is 35.0 Å². The van der Waals surface area contributed by atoms with E-state index in [1.54, 1.807) is 5.38 Å². The van der Waals surface area contributed by atoms with Crippen molar-refractivity contribution in [1.82, 2.24) is 14.5 Å². The van der Waals surface area contributed by atoms with Gasteiger partial charge in [0.2, 0.25) is 5.91 Å². The number of ether oxygens (including phenoxy) is 1. The second-order valence-corrected chi connectivity index (χ2v) is 10.5. The Bertz CT molecular complexity index is 1540. The number of carbonyl (C=O) groups excluding carboxylic acids is 1. The highest BCUT2D eigenvalue weighted by Gasteiger charge is 2.36. The standard InChI is InChI=1S/C26H21F7N4O4S/c27-16-2-1-3-17(28)22(16)20-9-18(35-41-20)19-12-42-23(34-19)13-4-6-36(7-5-13)21(38)11-37-10-14(40-25(29)30)8-15(24(37)39)26(31,32)33/h1-3,8,10,12-13,20,25H,4-7,9,11H2. The molecule has 224 valence electrons. The van der Waals surface area contributed by atoms with Gasteiger partial charge < -0.3 is 19.0 Å². The number of aromatic nitrogens is 2. The molecule has 5 rings (SSSR count). The average Bonchev–Trinajstić information content (AvgIpc) is 3.60. The van der Waals surface area contributed by atoms with Crippen molar-refractivity contribution in [2.45, 2.75) is 50.6 Å². The average molecular weight is 619 g/mol. The first-order valence-corrected chi connectivity index (χ1v) is 13.5. The molecular weight excluding hydrogens is 597 g/mol. The van der Waals surface area contributed by atoms with E-state index in [2.05, 4.69) is 14.9 Å². The maximum Gasteiger partial charge on any atom is 0.421 e. The molecule has 42 heavy (non-hydrogen) atoms. The molecule has 1 amide bonds. The maximum absolute atomic E-state index is 14.1. The molecule has 1 aromatic carbocycles. The van der Waals surface area contributed by atoms with E-state index in [1.165, 1.54) is 22.3 Å². The van der Waals surface area contributed by atoms with E-state index in [9.17, 15) is 40.3 Å². The van der Waals surface area contributed by atoms with Crippen LogP contribution >= 0.6 is 11.3 Å². The van der Waals surface area contributed by atoms with Crippen LogP contribution in [0.3, 0.4) is 0 Å². The molecule has 1 saturated heterocycles. The van der Waals surface area contributed by atoms with E-state index < -0.39 is 59.9 Å². The minimum atomic E-state index is -5.14. The summed E-state index contributed by atoms with van der Waals surface area (Å²) in [5, 5.41) is 6.44. The monoisotopic (exact) mass is 618 g/mol. The topological polar surface area (TPSA) is 86.0 Å². The van der Waals surface area contributed by atoms with Gasteiger partial charge in [0.25, 0.3) is 5.56 Å². The number of hydrogen-bond acceptors (Lipinski definition) is 7. The summed E-state index contributed by atoms with van der Waals surface area (Å²) in [6.45, 7) is -3.79. The Kier molecular flexibility index (Phi) is 8.25. The minimum absolute atomic E-state index is 0.0575. The summed E-state index contributed by atoms with van der Waals surface area (Å²) in [4.78, 5) is 36.4. The number of halogens is 7. The number of amides is 1. The number of piperidine rings is 1. The van der Waals surface area contributed by atoms with Gasteiger partial charge in [-0.3, -0.25) is 9.59 Å². The molecule has 0 aliphatic carbocycles. The molecule has 2 aliphatic heterocycles. The van der Waals surface area contributed by atoms with E-state index in [1.807, 2.05) is 0 Å². The van der Waals surface area contributed by atoms with Crippen LogP contribution < -0.4 is 10.3 Å². The van der Waals surface area contributed by atoms with Gasteiger partial charge in [-0.05, 0) is 31.0 Å². The number of rotatable bonds is 7. The molecule has 8 nitrogen and oxygen atoms in total. The number of oxime groups is 1. The van der Waals surface area contributed by atoms with Crippen LogP contribution in [0.15, 0.2) is 45.8 Å². The van der Waals surface area contributed by atoms with Crippen LogP contribution in [0.5, 0.6) is 5.75 Å². The van der Waals surface area contributed by atoms with Gasteiger partial charge in [-0.1, -0.05) is 11.2 Å². The van der Waals surface area contributed by atoms with E-state index in [0.717, 1.165) is 17.1 Å². The van der Waals surface area contributed by atoms with Gasteiger partial charge >= 0.3 is 12.8 Å². The first-order valence-electron chi connectivity index (χ1n) is 12.6. The van der Waals surface area contributed by atoms with Crippen molar-refractivity contribution >= 4 is 23.0 Å². The lowest BCUT2D eigenvalue weighted by Gasteiger charge is -2.31. The smallest absolute Gasteiger partial charge is 0.421 e. The highest BCUT2D eigenvalue weighted by molar-refractivity contribution is 7.10. The van der Waals surface area contributed by atoms with Gasteiger partial charge in [0, 0.05) is 30.8 Å². The summed E-state index contributed by atoms with van der Waals surface area (Å²) in [5.74, 6) is -3.10. The van der Waals surface area contributed by atoms with Crippen molar-refractivity contribution in [3.05, 3.63) is 79.7 Å². The van der Waals surface area contributed by atoms with Gasteiger partial charge in [0.15, 0.2) is 6.10 Å². The van der Waals surface area contributed by atoms with Gasteiger partial charge in [0.1, 0.15) is 35.2 Å². The second-order valence-electron chi connectivity index (χ2n) is 9.60. The molecular formula is C26H21F7N4O4S. The van der Waals surface area contributed by atoms with Crippen molar-refractivity contribution in [2.24, 2.45) is 5.16 Å². The number of benzene rings is 1. The molecule has 2 aromatic heterocycles. The fourth-order valence-corrected chi connectivity index (χ4v) is 5.83. The number of hydrogen-bond donors (Lipinski definition) is 0. The quantitative estimate of drug-likeness (QED) is 0.328. The van der Waals surface area contributed by atoms with Gasteiger partial charge in [0.05, 0.1) is 22.5 Å². The summed E-state index contributed by atoms with van der Waals surface area (Å²) in [7, 11) is 0. The molecule has 4 heterocycles. The van der Waals surface area contributed by atoms with Crippen molar-refractivity contribution in [3.63, 3.8) is 0 Å². The molecule has 1 atom stereocenters. The van der Waals surface area contributed by atoms with Crippen LogP contribution in [0.4, 0.5) is 30.7 Å². The Labute approximate surface area is 237 Å². The molecule has 0 spiro atoms. The van der Waals surface area contributed by atoms with Crippen molar-refractivity contribution < 1.29 is 45.1 Å². The molecule has 3 aromatic rings. The van der Waals surface area contributed by atoms with E-state index in [-0.39, 0.29) is 37.1 Å². The summed E-state index contributed by atoms with van der Waals surface area (Å²) in [6.07, 6.45) is -4.38. The minimum Gasteiger partial charge on any atom is -0.433 e. The van der Waals surface area contributed by atoms with Crippen LogP contribution in [-0.4, -0.2) is 45.8 Å². The summed E-state index contributed by atoms with van der Waals surface area (Å²) in [6, 6.07) is 3.69. The van der Waals surface area contributed by atoms with Crippen molar-refractivity contribution in [2.75, 3.05) is 13.1 Å². The first-order chi connectivity index (χ1) is 19.9. The van der Waals surface area contributed by atoms with Gasteiger partial charge in [-0.15, -0.1) is 11.3 Å². The largest absolute Gasteiger partial charge is 0.433 e. The Balaban J connectivity index is 1.20. The molecule has 0 N–H and O–H groups in total. The molecule has 1 unspecified atom stereocenters. The number of likely N-dealkylation sites (tertiary alicyclic amines) is 1. The summed E-state index contributed by atoms with van der Waals surface area (Å²) >= 11 is 1.34. The Morgan fingerprint density at radius 3 is 2.50 bits per heavy atom. The fraction of sp³-hybridized carbons (Fsp3) is 0.385. The number of thiazole rings is 1. The molecule has 0 saturated carbocycles. The van der Waals surface area contributed by atoms with Gasteiger partial charge in [-0.25, -0.2) is 13.8 Å². The maximum atomic E-state index is 14.1. The van der Waals surface area contributed by atoms with Crippen LogP contribution in [0, 0.1) is 11.6 Å². The van der Waals surface area contributed by atoms with Crippen LogP contribution in [-0.2, 0) is 22.4 Å². The number of alkyl halides is 5. The lowest BCUT2D eigenvalue weighted by molar-refractivity contribution is -0.140. The number of nitrogens with zero attached hydrogens (tertiary/aromatic N) is 4. The molecule has 0 bridgehead atoms. The summed E-state index contributed by atoms with van der Waals surface area (Å²) < 4.78 is 97.7.